The van der Waals surface area contributed by atoms with Crippen molar-refractivity contribution in [2.45, 2.75) is 6.42 Å². The Morgan fingerprint density at radius 2 is 2.22 bits per heavy atom. The minimum atomic E-state index is -3.16. The zero-order valence-corrected chi connectivity index (χ0v) is 11.7. The molecular formula is C9H15N3O4S2. The Morgan fingerprint density at radius 1 is 1.50 bits per heavy atom. The third kappa shape index (κ3) is 5.94. The SMILES string of the molecule is COC(=O)Cc1csc(NCCNS(C)(=O)=O)n1. The van der Waals surface area contributed by atoms with Gasteiger partial charge in [0.2, 0.25) is 10.0 Å². The van der Waals surface area contributed by atoms with Gasteiger partial charge in [0.25, 0.3) is 0 Å². The monoisotopic (exact) mass is 293 g/mol. The van der Waals surface area contributed by atoms with E-state index in [9.17, 15) is 13.2 Å². The molecule has 102 valence electrons. The lowest BCUT2D eigenvalue weighted by molar-refractivity contribution is -0.139. The Bertz CT molecular complexity index is 498. The van der Waals surface area contributed by atoms with E-state index in [0.29, 0.717) is 17.4 Å². The molecule has 1 rings (SSSR count). The number of rotatable bonds is 7. The highest BCUT2D eigenvalue weighted by molar-refractivity contribution is 7.88. The molecule has 7 nitrogen and oxygen atoms in total. The van der Waals surface area contributed by atoms with Gasteiger partial charge in [-0.25, -0.2) is 18.1 Å². The van der Waals surface area contributed by atoms with Crippen LogP contribution in [0.2, 0.25) is 0 Å². The van der Waals surface area contributed by atoms with E-state index in [0.717, 1.165) is 6.26 Å². The first kappa shape index (κ1) is 14.9. The van der Waals surface area contributed by atoms with Crippen LogP contribution in [0.5, 0.6) is 0 Å². The Hall–Kier alpha value is -1.19. The molecule has 0 aliphatic heterocycles. The summed E-state index contributed by atoms with van der Waals surface area (Å²) in [7, 11) is -1.84. The molecule has 0 atom stereocenters. The van der Waals surface area contributed by atoms with Gasteiger partial charge in [0, 0.05) is 18.5 Å². The molecule has 9 heteroatoms. The van der Waals surface area contributed by atoms with E-state index in [2.05, 4.69) is 19.8 Å². The van der Waals surface area contributed by atoms with Crippen molar-refractivity contribution in [1.29, 1.82) is 0 Å². The molecule has 1 aromatic rings. The fourth-order valence-electron chi connectivity index (χ4n) is 1.10. The number of sulfonamides is 1. The zero-order valence-electron chi connectivity index (χ0n) is 10.1. The number of nitrogens with zero attached hydrogens (tertiary/aromatic N) is 1. The molecule has 1 aromatic heterocycles. The zero-order chi connectivity index (χ0) is 13.6. The largest absolute Gasteiger partial charge is 0.469 e. The average molecular weight is 293 g/mol. The van der Waals surface area contributed by atoms with Crippen LogP contribution >= 0.6 is 11.3 Å². The van der Waals surface area contributed by atoms with Crippen LogP contribution < -0.4 is 10.0 Å². The number of hydrogen-bond donors (Lipinski definition) is 2. The highest BCUT2D eigenvalue weighted by atomic mass is 32.2. The van der Waals surface area contributed by atoms with Crippen molar-refractivity contribution < 1.29 is 17.9 Å². The molecule has 0 saturated heterocycles. The topological polar surface area (TPSA) is 97.4 Å². The Morgan fingerprint density at radius 3 is 2.83 bits per heavy atom. The lowest BCUT2D eigenvalue weighted by atomic mass is 10.3. The van der Waals surface area contributed by atoms with E-state index in [1.54, 1.807) is 5.38 Å². The summed E-state index contributed by atoms with van der Waals surface area (Å²) < 4.78 is 28.5. The fourth-order valence-corrected chi connectivity index (χ4v) is 2.31. The van der Waals surface area contributed by atoms with E-state index in [-0.39, 0.29) is 18.9 Å². The standard InChI is InChI=1S/C9H15N3O4S2/c1-16-8(13)5-7-6-17-9(12-7)10-3-4-11-18(2,14)15/h6,11H,3-5H2,1-2H3,(H,10,12). The summed E-state index contributed by atoms with van der Waals surface area (Å²) in [5, 5.41) is 5.35. The summed E-state index contributed by atoms with van der Waals surface area (Å²) in [5.41, 5.74) is 0.630. The van der Waals surface area contributed by atoms with E-state index >= 15 is 0 Å². The number of hydrogen-bond acceptors (Lipinski definition) is 7. The quantitative estimate of drug-likeness (QED) is 0.534. The molecule has 0 bridgehead atoms. The predicted octanol–water partition coefficient (Wildman–Crippen LogP) is -0.180. The number of anilines is 1. The molecule has 0 aliphatic carbocycles. The number of esters is 1. The van der Waals surface area contributed by atoms with Gasteiger partial charge in [0.05, 0.1) is 25.5 Å². The molecule has 2 N–H and O–H groups in total. The van der Waals surface area contributed by atoms with Gasteiger partial charge in [-0.1, -0.05) is 0 Å². The smallest absolute Gasteiger partial charge is 0.311 e. The van der Waals surface area contributed by atoms with Crippen LogP contribution in [0.25, 0.3) is 0 Å². The van der Waals surface area contributed by atoms with Gasteiger partial charge in [-0.3, -0.25) is 4.79 Å². The van der Waals surface area contributed by atoms with Crippen LogP contribution in [0.1, 0.15) is 5.69 Å². The van der Waals surface area contributed by atoms with Gasteiger partial charge in [0.15, 0.2) is 5.13 Å². The van der Waals surface area contributed by atoms with Crippen LogP contribution in [-0.2, 0) is 26.0 Å². The van der Waals surface area contributed by atoms with E-state index in [4.69, 9.17) is 0 Å². The first-order chi connectivity index (χ1) is 8.40. The maximum absolute atomic E-state index is 11.0. The van der Waals surface area contributed by atoms with Crippen molar-refractivity contribution >= 4 is 32.5 Å². The Labute approximate surface area is 110 Å². The lowest BCUT2D eigenvalue weighted by Crippen LogP contribution is -2.27. The summed E-state index contributed by atoms with van der Waals surface area (Å²) in [6, 6.07) is 0. The summed E-state index contributed by atoms with van der Waals surface area (Å²) in [5.74, 6) is -0.342. The molecular weight excluding hydrogens is 278 g/mol. The number of ether oxygens (including phenoxy) is 1. The van der Waals surface area contributed by atoms with Gasteiger partial charge in [-0.15, -0.1) is 11.3 Å². The van der Waals surface area contributed by atoms with E-state index in [1.165, 1.54) is 18.4 Å². The summed E-state index contributed by atoms with van der Waals surface area (Å²) in [4.78, 5) is 15.2. The molecule has 0 spiro atoms. The van der Waals surface area contributed by atoms with Crippen LogP contribution in [0.4, 0.5) is 5.13 Å². The van der Waals surface area contributed by atoms with Crippen molar-refractivity contribution in [2.75, 3.05) is 31.8 Å². The number of carbonyl (C=O) groups is 1. The third-order valence-electron chi connectivity index (χ3n) is 1.87. The second-order valence-corrected chi connectivity index (χ2v) is 6.18. The summed E-state index contributed by atoms with van der Waals surface area (Å²) >= 11 is 1.35. The maximum atomic E-state index is 11.0. The van der Waals surface area contributed by atoms with Gasteiger partial charge < -0.3 is 10.1 Å². The third-order valence-corrected chi connectivity index (χ3v) is 3.45. The number of aromatic nitrogens is 1. The van der Waals surface area contributed by atoms with Gasteiger partial charge in [-0.05, 0) is 0 Å². The highest BCUT2D eigenvalue weighted by Crippen LogP contribution is 2.15. The molecule has 0 aromatic carbocycles. The minimum absolute atomic E-state index is 0.135. The second kappa shape index (κ2) is 6.66. The molecule has 0 fully saturated rings. The van der Waals surface area contributed by atoms with Crippen LogP contribution in [-0.4, -0.2) is 45.8 Å². The van der Waals surface area contributed by atoms with Gasteiger partial charge >= 0.3 is 5.97 Å². The molecule has 0 saturated carbocycles. The fraction of sp³-hybridized carbons (Fsp3) is 0.556. The second-order valence-electron chi connectivity index (χ2n) is 3.49. The lowest BCUT2D eigenvalue weighted by Gasteiger charge is -2.02. The molecule has 0 radical (unpaired) electrons. The summed E-state index contributed by atoms with van der Waals surface area (Å²) in [6.45, 7) is 0.711. The number of thiazole rings is 1. The van der Waals surface area contributed by atoms with Crippen molar-refractivity contribution in [1.82, 2.24) is 9.71 Å². The van der Waals surface area contributed by atoms with Crippen molar-refractivity contribution in [3.05, 3.63) is 11.1 Å². The molecule has 0 unspecified atom stereocenters. The molecule has 18 heavy (non-hydrogen) atoms. The number of nitrogens with one attached hydrogen (secondary N) is 2. The number of carbonyl (C=O) groups excluding carboxylic acids is 1. The van der Waals surface area contributed by atoms with Crippen LogP contribution in [0.3, 0.4) is 0 Å². The number of methoxy groups -OCH3 is 1. The van der Waals surface area contributed by atoms with Crippen molar-refractivity contribution in [2.24, 2.45) is 0 Å². The summed E-state index contributed by atoms with van der Waals surface area (Å²) in [6.07, 6.45) is 1.24. The van der Waals surface area contributed by atoms with Gasteiger partial charge in [-0.2, -0.15) is 0 Å². The normalized spacial score (nSPS) is 11.2. The molecule has 0 amide bonds. The Kier molecular flexibility index (Phi) is 5.51. The highest BCUT2D eigenvalue weighted by Gasteiger charge is 2.07. The first-order valence-corrected chi connectivity index (χ1v) is 7.87. The molecule has 1 heterocycles. The first-order valence-electron chi connectivity index (χ1n) is 5.10. The average Bonchev–Trinajstić information content (AvgIpc) is 2.71. The van der Waals surface area contributed by atoms with Gasteiger partial charge in [0.1, 0.15) is 0 Å². The van der Waals surface area contributed by atoms with Crippen LogP contribution in [0, 0.1) is 0 Å². The minimum Gasteiger partial charge on any atom is -0.469 e. The Balaban J connectivity index is 2.33. The van der Waals surface area contributed by atoms with Crippen LogP contribution in [0.15, 0.2) is 5.38 Å². The van der Waals surface area contributed by atoms with Crippen molar-refractivity contribution in [3.8, 4) is 0 Å². The predicted molar refractivity (Wildman–Crippen MR) is 69.2 cm³/mol. The van der Waals surface area contributed by atoms with E-state index < -0.39 is 10.0 Å². The maximum Gasteiger partial charge on any atom is 0.311 e. The van der Waals surface area contributed by atoms with E-state index in [1.807, 2.05) is 0 Å². The van der Waals surface area contributed by atoms with Crippen molar-refractivity contribution in [3.63, 3.8) is 0 Å². The molecule has 0 aliphatic rings.